The van der Waals surface area contributed by atoms with Crippen molar-refractivity contribution in [3.05, 3.63) is 34.4 Å². The van der Waals surface area contributed by atoms with E-state index in [9.17, 15) is 19.1 Å². The summed E-state index contributed by atoms with van der Waals surface area (Å²) in [6.45, 7) is 0. The first kappa shape index (κ1) is 16.5. The lowest BCUT2D eigenvalue weighted by Crippen LogP contribution is -2.39. The number of nitro benzene ring substituents is 1. The van der Waals surface area contributed by atoms with Crippen LogP contribution in [0.3, 0.4) is 0 Å². The van der Waals surface area contributed by atoms with Gasteiger partial charge in [-0.1, -0.05) is 0 Å². The largest absolute Gasteiger partial charge is 0.480 e. The number of benzene rings is 1. The second kappa shape index (κ2) is 7.32. The Kier molecular flexibility index (Phi) is 6.05. The third-order valence-electron chi connectivity index (χ3n) is 2.56. The number of halogens is 1. The van der Waals surface area contributed by atoms with E-state index in [-0.39, 0.29) is 17.9 Å². The molecule has 0 saturated heterocycles. The van der Waals surface area contributed by atoms with Crippen molar-refractivity contribution in [2.75, 3.05) is 5.75 Å². The molecule has 0 aliphatic rings. The Morgan fingerprint density at radius 2 is 2.00 bits per heavy atom. The van der Waals surface area contributed by atoms with Gasteiger partial charge in [-0.2, -0.15) is 0 Å². The summed E-state index contributed by atoms with van der Waals surface area (Å²) in [5.41, 5.74) is 5.24. The van der Waals surface area contributed by atoms with Crippen molar-refractivity contribution in [2.45, 2.75) is 22.7 Å². The van der Waals surface area contributed by atoms with Crippen LogP contribution in [0.1, 0.15) is 6.42 Å². The van der Waals surface area contributed by atoms with Crippen LogP contribution >= 0.6 is 11.6 Å². The van der Waals surface area contributed by atoms with Crippen LogP contribution in [0.4, 0.5) is 5.69 Å². The van der Waals surface area contributed by atoms with E-state index >= 15 is 0 Å². The van der Waals surface area contributed by atoms with Crippen LogP contribution < -0.4 is 5.73 Å². The number of carbonyl (C=O) groups is 1. The summed E-state index contributed by atoms with van der Waals surface area (Å²) >= 11 is 5.80. The van der Waals surface area contributed by atoms with E-state index < -0.39 is 33.1 Å². The summed E-state index contributed by atoms with van der Waals surface area (Å²) in [6, 6.07) is 4.09. The molecule has 0 fully saturated rings. The Bertz CT molecular complexity index is 522. The lowest BCUT2D eigenvalue weighted by molar-refractivity contribution is -0.384. The molecule has 0 heterocycles. The molecule has 0 aromatic heterocycles. The average Bonchev–Trinajstić information content (AvgIpc) is 2.43. The van der Waals surface area contributed by atoms with E-state index in [1.54, 1.807) is 0 Å². The molecule has 1 aromatic carbocycles. The molecule has 0 aliphatic carbocycles. The van der Waals surface area contributed by atoms with Crippen molar-refractivity contribution in [1.82, 2.24) is 0 Å². The highest BCUT2D eigenvalue weighted by Gasteiger charge is 2.22. The second-order valence-corrected chi connectivity index (χ2v) is 6.10. The van der Waals surface area contributed by atoms with Crippen LogP contribution in [0.2, 0.25) is 0 Å². The predicted octanol–water partition coefficient (Wildman–Crippen LogP) is 1.11. The Balaban J connectivity index is 2.59. The van der Waals surface area contributed by atoms with Crippen LogP contribution in [-0.4, -0.2) is 37.4 Å². The van der Waals surface area contributed by atoms with Gasteiger partial charge in [0.1, 0.15) is 6.04 Å². The number of nitrogens with two attached hydrogens (primary N) is 1. The van der Waals surface area contributed by atoms with Crippen LogP contribution in [0.15, 0.2) is 29.2 Å². The fourth-order valence-corrected chi connectivity index (χ4v) is 2.88. The number of hydrogen-bond acceptors (Lipinski definition) is 5. The first-order valence-corrected chi connectivity index (χ1v) is 7.33. The van der Waals surface area contributed by atoms with Gasteiger partial charge in [0.05, 0.1) is 21.1 Å². The number of alkyl halides is 1. The van der Waals surface area contributed by atoms with Gasteiger partial charge in [0.15, 0.2) is 0 Å². The minimum atomic E-state index is -1.41. The summed E-state index contributed by atoms with van der Waals surface area (Å²) < 4.78 is 11.9. The Labute approximate surface area is 122 Å². The third kappa shape index (κ3) is 4.55. The lowest BCUT2D eigenvalue weighted by atomic mass is 10.2. The Hall–Kier alpha value is -1.51. The van der Waals surface area contributed by atoms with Crippen LogP contribution in [0.25, 0.3) is 0 Å². The van der Waals surface area contributed by atoms with Gasteiger partial charge in [-0.15, -0.1) is 11.6 Å². The Morgan fingerprint density at radius 1 is 1.45 bits per heavy atom. The molecule has 3 atom stereocenters. The summed E-state index contributed by atoms with van der Waals surface area (Å²) in [4.78, 5) is 21.0. The van der Waals surface area contributed by atoms with Crippen molar-refractivity contribution in [3.63, 3.8) is 0 Å². The SMILES string of the molecule is NC(C(=O)O)C(Cl)CCS(=O)c1ccc([N+](=O)[O-])cc1. The molecule has 0 aliphatic heterocycles. The van der Waals surface area contributed by atoms with Gasteiger partial charge in [0.2, 0.25) is 0 Å². The molecular weight excluding hydrogens is 308 g/mol. The summed E-state index contributed by atoms with van der Waals surface area (Å²) in [5, 5.41) is 18.3. The topological polar surface area (TPSA) is 124 Å². The normalized spacial score (nSPS) is 15.3. The fourth-order valence-electron chi connectivity index (χ4n) is 1.39. The van der Waals surface area contributed by atoms with E-state index in [1.165, 1.54) is 24.3 Å². The molecule has 1 rings (SSSR count). The molecule has 7 nitrogen and oxygen atoms in total. The minimum Gasteiger partial charge on any atom is -0.480 e. The number of rotatable bonds is 7. The molecule has 0 bridgehead atoms. The van der Waals surface area contributed by atoms with Crippen molar-refractivity contribution < 1.29 is 19.0 Å². The fraction of sp³-hybridized carbons (Fsp3) is 0.364. The lowest BCUT2D eigenvalue weighted by Gasteiger charge is -2.13. The molecule has 0 spiro atoms. The zero-order chi connectivity index (χ0) is 15.3. The molecule has 110 valence electrons. The number of aliphatic carboxylic acids is 1. The Morgan fingerprint density at radius 3 is 2.45 bits per heavy atom. The van der Waals surface area contributed by atoms with Gasteiger partial charge in [-0.25, -0.2) is 0 Å². The standard InChI is InChI=1S/C11H13ClN2O5S/c12-9(10(13)11(15)16)5-6-20(19)8-3-1-7(2-4-8)14(17)18/h1-4,9-10H,5-6,13H2,(H,15,16). The van der Waals surface area contributed by atoms with Crippen LogP contribution in [0.5, 0.6) is 0 Å². The van der Waals surface area contributed by atoms with Gasteiger partial charge in [0, 0.05) is 22.8 Å². The summed E-state index contributed by atoms with van der Waals surface area (Å²) in [5.74, 6) is -1.08. The summed E-state index contributed by atoms with van der Waals surface area (Å²) in [7, 11) is -1.41. The average molecular weight is 321 g/mol. The first-order chi connectivity index (χ1) is 9.32. The maximum atomic E-state index is 11.9. The van der Waals surface area contributed by atoms with E-state index in [0.29, 0.717) is 4.90 Å². The number of carboxylic acid groups (broad SMARTS) is 1. The van der Waals surface area contributed by atoms with Crippen molar-refractivity contribution in [2.24, 2.45) is 5.73 Å². The van der Waals surface area contributed by atoms with Crippen LogP contribution in [0, 0.1) is 10.1 Å². The number of nitrogens with zero attached hydrogens (tertiary/aromatic N) is 1. The minimum absolute atomic E-state index is 0.0890. The second-order valence-electron chi connectivity index (χ2n) is 3.97. The number of nitro groups is 1. The molecule has 3 unspecified atom stereocenters. The summed E-state index contributed by atoms with van der Waals surface area (Å²) in [6.07, 6.45) is 0.165. The van der Waals surface area contributed by atoms with Crippen molar-refractivity contribution >= 4 is 34.1 Å². The van der Waals surface area contributed by atoms with Crippen molar-refractivity contribution in [1.29, 1.82) is 0 Å². The highest BCUT2D eigenvalue weighted by Crippen LogP contribution is 2.16. The third-order valence-corrected chi connectivity index (χ3v) is 4.46. The number of carboxylic acids is 1. The zero-order valence-corrected chi connectivity index (χ0v) is 11.8. The van der Waals surface area contributed by atoms with Gasteiger partial charge in [-0.3, -0.25) is 19.1 Å². The monoisotopic (exact) mass is 320 g/mol. The van der Waals surface area contributed by atoms with E-state index in [4.69, 9.17) is 22.4 Å². The zero-order valence-electron chi connectivity index (χ0n) is 10.3. The van der Waals surface area contributed by atoms with E-state index in [2.05, 4.69) is 0 Å². The van der Waals surface area contributed by atoms with Crippen LogP contribution in [-0.2, 0) is 15.6 Å². The molecular formula is C11H13ClN2O5S. The molecule has 0 radical (unpaired) electrons. The van der Waals surface area contributed by atoms with Gasteiger partial charge in [-0.05, 0) is 18.6 Å². The highest BCUT2D eigenvalue weighted by molar-refractivity contribution is 7.85. The number of non-ortho nitro benzene ring substituents is 1. The molecule has 0 saturated carbocycles. The van der Waals surface area contributed by atoms with E-state index in [1.807, 2.05) is 0 Å². The molecule has 0 amide bonds. The van der Waals surface area contributed by atoms with Gasteiger partial charge < -0.3 is 10.8 Å². The molecule has 9 heteroatoms. The highest BCUT2D eigenvalue weighted by atomic mass is 35.5. The smallest absolute Gasteiger partial charge is 0.322 e. The maximum Gasteiger partial charge on any atom is 0.322 e. The van der Waals surface area contributed by atoms with Gasteiger partial charge >= 0.3 is 5.97 Å². The predicted molar refractivity (Wildman–Crippen MR) is 74.2 cm³/mol. The van der Waals surface area contributed by atoms with Crippen molar-refractivity contribution in [3.8, 4) is 0 Å². The first-order valence-electron chi connectivity index (χ1n) is 5.58. The van der Waals surface area contributed by atoms with E-state index in [0.717, 1.165) is 0 Å². The quantitative estimate of drug-likeness (QED) is 0.440. The number of hydrogen-bond donors (Lipinski definition) is 2. The maximum absolute atomic E-state index is 11.9. The molecule has 3 N–H and O–H groups in total. The molecule has 1 aromatic rings. The molecule has 20 heavy (non-hydrogen) atoms. The van der Waals surface area contributed by atoms with Gasteiger partial charge in [0.25, 0.3) is 5.69 Å².